The molecule has 0 spiro atoms. The number of amides is 1. The summed E-state index contributed by atoms with van der Waals surface area (Å²) >= 11 is 0. The van der Waals surface area contributed by atoms with Gasteiger partial charge in [0.15, 0.2) is 0 Å². The van der Waals surface area contributed by atoms with Crippen molar-refractivity contribution < 1.29 is 9.53 Å². The lowest BCUT2D eigenvalue weighted by Crippen LogP contribution is -2.33. The predicted molar refractivity (Wildman–Crippen MR) is 51.8 cm³/mol. The Morgan fingerprint density at radius 2 is 2.50 bits per heavy atom. The van der Waals surface area contributed by atoms with Gasteiger partial charge in [-0.05, 0) is 13.0 Å². The van der Waals surface area contributed by atoms with Gasteiger partial charge in [-0.2, -0.15) is 5.10 Å². The minimum Gasteiger partial charge on any atom is -0.383 e. The number of nitrogens with zero attached hydrogens (tertiary/aromatic N) is 2. The minimum absolute atomic E-state index is 0.0502. The van der Waals surface area contributed by atoms with Crippen LogP contribution in [0.15, 0.2) is 18.5 Å². The van der Waals surface area contributed by atoms with Gasteiger partial charge < -0.3 is 10.1 Å². The molecule has 1 unspecified atom stereocenters. The lowest BCUT2D eigenvalue weighted by molar-refractivity contribution is -0.124. The largest absolute Gasteiger partial charge is 0.383 e. The van der Waals surface area contributed by atoms with E-state index in [2.05, 4.69) is 10.4 Å². The molecule has 1 amide bonds. The molecule has 0 aromatic carbocycles. The molecule has 5 heteroatoms. The van der Waals surface area contributed by atoms with E-state index >= 15 is 0 Å². The van der Waals surface area contributed by atoms with Crippen molar-refractivity contribution in [2.45, 2.75) is 13.0 Å². The molecular formula is C9H15N3O2. The summed E-state index contributed by atoms with van der Waals surface area (Å²) in [6.45, 7) is 2.85. The molecule has 5 nitrogen and oxygen atoms in total. The van der Waals surface area contributed by atoms with E-state index in [0.29, 0.717) is 13.2 Å². The van der Waals surface area contributed by atoms with Gasteiger partial charge in [0.1, 0.15) is 6.04 Å². The van der Waals surface area contributed by atoms with Crippen molar-refractivity contribution in [1.29, 1.82) is 0 Å². The Balaban J connectivity index is 2.37. The summed E-state index contributed by atoms with van der Waals surface area (Å²) in [5.41, 5.74) is 0. The van der Waals surface area contributed by atoms with Crippen LogP contribution in [0.4, 0.5) is 0 Å². The van der Waals surface area contributed by atoms with Crippen molar-refractivity contribution in [3.8, 4) is 0 Å². The van der Waals surface area contributed by atoms with Crippen LogP contribution in [-0.2, 0) is 9.53 Å². The molecule has 0 aliphatic heterocycles. The molecule has 1 aromatic rings. The maximum atomic E-state index is 11.5. The normalized spacial score (nSPS) is 12.4. The number of hydrogen-bond donors (Lipinski definition) is 1. The van der Waals surface area contributed by atoms with Crippen molar-refractivity contribution >= 4 is 5.91 Å². The van der Waals surface area contributed by atoms with E-state index in [1.807, 2.05) is 0 Å². The highest BCUT2D eigenvalue weighted by Gasteiger charge is 2.13. The molecule has 0 saturated carbocycles. The molecule has 14 heavy (non-hydrogen) atoms. The highest BCUT2D eigenvalue weighted by molar-refractivity contribution is 5.79. The molecule has 1 aromatic heterocycles. The van der Waals surface area contributed by atoms with Crippen LogP contribution >= 0.6 is 0 Å². The predicted octanol–water partition coefficient (Wildman–Crippen LogP) is 0.207. The van der Waals surface area contributed by atoms with Gasteiger partial charge in [0.25, 0.3) is 0 Å². The summed E-state index contributed by atoms with van der Waals surface area (Å²) in [6.07, 6.45) is 3.42. The van der Waals surface area contributed by atoms with Crippen LogP contribution in [0.3, 0.4) is 0 Å². The number of ether oxygens (including phenoxy) is 1. The first-order valence-electron chi connectivity index (χ1n) is 4.51. The molecule has 1 rings (SSSR count). The van der Waals surface area contributed by atoms with Crippen molar-refractivity contribution in [1.82, 2.24) is 15.1 Å². The molecule has 0 radical (unpaired) electrons. The summed E-state index contributed by atoms with van der Waals surface area (Å²) < 4.78 is 6.44. The molecule has 0 fully saturated rings. The summed E-state index contributed by atoms with van der Waals surface area (Å²) in [7, 11) is 1.60. The fraction of sp³-hybridized carbons (Fsp3) is 0.556. The number of carbonyl (C=O) groups excluding carboxylic acids is 1. The molecule has 78 valence electrons. The van der Waals surface area contributed by atoms with Gasteiger partial charge in [0.2, 0.25) is 5.91 Å². The fourth-order valence-electron chi connectivity index (χ4n) is 1.05. The second kappa shape index (κ2) is 5.39. The lowest BCUT2D eigenvalue weighted by atomic mass is 10.3. The molecule has 1 N–H and O–H groups in total. The number of aromatic nitrogens is 2. The van der Waals surface area contributed by atoms with Gasteiger partial charge >= 0.3 is 0 Å². The van der Waals surface area contributed by atoms with E-state index in [0.717, 1.165) is 0 Å². The second-order valence-corrected chi connectivity index (χ2v) is 2.95. The zero-order valence-electron chi connectivity index (χ0n) is 8.43. The average Bonchev–Trinajstić information content (AvgIpc) is 2.69. The van der Waals surface area contributed by atoms with Crippen molar-refractivity contribution in [2.24, 2.45) is 0 Å². The van der Waals surface area contributed by atoms with E-state index < -0.39 is 0 Å². The minimum atomic E-state index is -0.276. The van der Waals surface area contributed by atoms with E-state index in [1.165, 1.54) is 0 Å². The topological polar surface area (TPSA) is 56.1 Å². The van der Waals surface area contributed by atoms with Gasteiger partial charge in [-0.15, -0.1) is 0 Å². The van der Waals surface area contributed by atoms with Gasteiger partial charge in [-0.25, -0.2) is 0 Å². The van der Waals surface area contributed by atoms with Crippen LogP contribution < -0.4 is 5.32 Å². The first kappa shape index (κ1) is 10.7. The molecule has 0 aliphatic carbocycles. The first-order chi connectivity index (χ1) is 6.75. The highest BCUT2D eigenvalue weighted by atomic mass is 16.5. The Labute approximate surface area is 83.1 Å². The Morgan fingerprint density at radius 3 is 3.07 bits per heavy atom. The molecule has 1 atom stereocenters. The number of rotatable bonds is 5. The van der Waals surface area contributed by atoms with Crippen LogP contribution in [0.1, 0.15) is 13.0 Å². The van der Waals surface area contributed by atoms with Crippen LogP contribution in [0.25, 0.3) is 0 Å². The Morgan fingerprint density at radius 1 is 1.71 bits per heavy atom. The summed E-state index contributed by atoms with van der Waals surface area (Å²) in [5, 5.41) is 6.74. The van der Waals surface area contributed by atoms with Crippen LogP contribution in [0, 0.1) is 0 Å². The van der Waals surface area contributed by atoms with Crippen LogP contribution in [-0.4, -0.2) is 35.9 Å². The molecule has 1 heterocycles. The number of nitrogens with one attached hydrogen (secondary N) is 1. The Hall–Kier alpha value is -1.36. The average molecular weight is 197 g/mol. The maximum absolute atomic E-state index is 11.5. The van der Waals surface area contributed by atoms with E-state index in [4.69, 9.17) is 4.74 Å². The Kier molecular flexibility index (Phi) is 4.12. The van der Waals surface area contributed by atoms with Gasteiger partial charge in [0.05, 0.1) is 6.61 Å². The van der Waals surface area contributed by atoms with E-state index in [1.54, 1.807) is 37.2 Å². The maximum Gasteiger partial charge on any atom is 0.244 e. The van der Waals surface area contributed by atoms with Gasteiger partial charge in [-0.3, -0.25) is 9.48 Å². The fourth-order valence-corrected chi connectivity index (χ4v) is 1.05. The second-order valence-electron chi connectivity index (χ2n) is 2.95. The third-order valence-corrected chi connectivity index (χ3v) is 1.91. The summed E-state index contributed by atoms with van der Waals surface area (Å²) in [5.74, 6) is -0.0502. The third-order valence-electron chi connectivity index (χ3n) is 1.91. The van der Waals surface area contributed by atoms with Crippen LogP contribution in [0.5, 0.6) is 0 Å². The van der Waals surface area contributed by atoms with Gasteiger partial charge in [0, 0.05) is 26.0 Å². The molecular weight excluding hydrogens is 182 g/mol. The van der Waals surface area contributed by atoms with Crippen LogP contribution in [0.2, 0.25) is 0 Å². The SMILES string of the molecule is COCCNC(=O)C(C)n1cccn1. The molecule has 0 aliphatic rings. The zero-order chi connectivity index (χ0) is 10.4. The van der Waals surface area contributed by atoms with E-state index in [9.17, 15) is 4.79 Å². The zero-order valence-corrected chi connectivity index (χ0v) is 8.43. The van der Waals surface area contributed by atoms with E-state index in [-0.39, 0.29) is 11.9 Å². The summed E-state index contributed by atoms with van der Waals surface area (Å²) in [4.78, 5) is 11.5. The number of carbonyl (C=O) groups is 1. The molecule has 0 bridgehead atoms. The van der Waals surface area contributed by atoms with Crippen molar-refractivity contribution in [2.75, 3.05) is 20.3 Å². The highest BCUT2D eigenvalue weighted by Crippen LogP contribution is 2.02. The quantitative estimate of drug-likeness (QED) is 0.686. The Bertz CT molecular complexity index is 272. The summed E-state index contributed by atoms with van der Waals surface area (Å²) in [6, 6.07) is 1.51. The smallest absolute Gasteiger partial charge is 0.244 e. The lowest BCUT2D eigenvalue weighted by Gasteiger charge is -2.11. The van der Waals surface area contributed by atoms with Crippen molar-refractivity contribution in [3.05, 3.63) is 18.5 Å². The number of methoxy groups -OCH3 is 1. The van der Waals surface area contributed by atoms with Gasteiger partial charge in [-0.1, -0.05) is 0 Å². The van der Waals surface area contributed by atoms with Crippen molar-refractivity contribution in [3.63, 3.8) is 0 Å². The third kappa shape index (κ3) is 2.85. The standard InChI is InChI=1S/C9H15N3O2/c1-8(12-6-3-4-11-12)9(13)10-5-7-14-2/h3-4,6,8H,5,7H2,1-2H3,(H,10,13). The molecule has 0 saturated heterocycles. The number of hydrogen-bond acceptors (Lipinski definition) is 3. The monoisotopic (exact) mass is 197 g/mol. The first-order valence-corrected chi connectivity index (χ1v) is 4.51.